The average molecular weight is 301 g/mol. The molecule has 0 amide bonds. The molecule has 2 aromatic rings. The lowest BCUT2D eigenvalue weighted by molar-refractivity contribution is -0.169. The summed E-state index contributed by atoms with van der Waals surface area (Å²) in [5.41, 5.74) is 2.19. The van der Waals surface area contributed by atoms with E-state index in [1.807, 2.05) is 12.1 Å². The molecule has 0 aliphatic carbocycles. The van der Waals surface area contributed by atoms with Gasteiger partial charge in [-0.05, 0) is 29.5 Å². The third-order valence-electron chi connectivity index (χ3n) is 4.34. The quantitative estimate of drug-likeness (QED) is 0.831. The number of hydrogen-bond acceptors (Lipinski definition) is 6. The van der Waals surface area contributed by atoms with Crippen LogP contribution in [-0.4, -0.2) is 52.3 Å². The molecule has 3 heterocycles. The number of tetrazole rings is 1. The van der Waals surface area contributed by atoms with Crippen molar-refractivity contribution in [2.24, 2.45) is 7.05 Å². The van der Waals surface area contributed by atoms with Crippen LogP contribution in [0.3, 0.4) is 0 Å². The Morgan fingerprint density at radius 3 is 2.32 bits per heavy atom. The monoisotopic (exact) mass is 301 g/mol. The van der Waals surface area contributed by atoms with Crippen LogP contribution < -0.4 is 4.90 Å². The van der Waals surface area contributed by atoms with Crippen LogP contribution in [0.2, 0.25) is 0 Å². The highest BCUT2D eigenvalue weighted by molar-refractivity contribution is 5.60. The maximum Gasteiger partial charge on any atom is 0.204 e. The Morgan fingerprint density at radius 1 is 1.05 bits per heavy atom. The highest BCUT2D eigenvalue weighted by Gasteiger charge is 2.39. The van der Waals surface area contributed by atoms with E-state index < -0.39 is 0 Å². The molecule has 0 unspecified atom stereocenters. The summed E-state index contributed by atoms with van der Waals surface area (Å²) in [6.45, 7) is 3.34. The Kier molecular flexibility index (Phi) is 3.31. The first-order chi connectivity index (χ1) is 10.7. The Bertz CT molecular complexity index is 638. The van der Waals surface area contributed by atoms with Crippen molar-refractivity contribution in [3.8, 4) is 11.4 Å². The van der Waals surface area contributed by atoms with E-state index in [0.29, 0.717) is 5.82 Å². The Labute approximate surface area is 128 Å². The molecule has 2 saturated heterocycles. The normalized spacial score (nSPS) is 20.7. The highest BCUT2D eigenvalue weighted by atomic mass is 16.7. The minimum Gasteiger partial charge on any atom is -0.371 e. The number of nitrogens with zero attached hydrogens (tertiary/aromatic N) is 5. The number of piperidine rings is 1. The average Bonchev–Trinajstić information content (AvgIpc) is 3.18. The van der Waals surface area contributed by atoms with Crippen LogP contribution in [0.4, 0.5) is 5.69 Å². The number of aryl methyl sites for hydroxylation is 1. The molecule has 0 radical (unpaired) electrons. The fourth-order valence-corrected chi connectivity index (χ4v) is 3.11. The van der Waals surface area contributed by atoms with E-state index in [-0.39, 0.29) is 5.79 Å². The number of rotatable bonds is 2. The van der Waals surface area contributed by atoms with E-state index in [2.05, 4.69) is 32.4 Å². The second kappa shape index (κ2) is 5.33. The molecule has 0 saturated carbocycles. The molecule has 116 valence electrons. The van der Waals surface area contributed by atoms with Crippen molar-refractivity contribution in [1.29, 1.82) is 0 Å². The zero-order valence-corrected chi connectivity index (χ0v) is 12.6. The summed E-state index contributed by atoms with van der Waals surface area (Å²) >= 11 is 0. The summed E-state index contributed by atoms with van der Waals surface area (Å²) in [6.07, 6.45) is 1.83. The van der Waals surface area contributed by atoms with Crippen molar-refractivity contribution in [1.82, 2.24) is 20.2 Å². The standard InChI is InChI=1S/C15H19N5O2/c1-19-17-14(16-18-19)12-2-4-13(5-3-12)20-8-6-15(7-9-20)21-10-11-22-15/h2-5H,6-11H2,1H3. The van der Waals surface area contributed by atoms with E-state index >= 15 is 0 Å². The number of hydrogen-bond donors (Lipinski definition) is 0. The van der Waals surface area contributed by atoms with Crippen LogP contribution in [0.5, 0.6) is 0 Å². The van der Waals surface area contributed by atoms with Gasteiger partial charge < -0.3 is 14.4 Å². The number of benzene rings is 1. The van der Waals surface area contributed by atoms with Crippen LogP contribution in [0.25, 0.3) is 11.4 Å². The fraction of sp³-hybridized carbons (Fsp3) is 0.533. The first-order valence-corrected chi connectivity index (χ1v) is 7.61. The van der Waals surface area contributed by atoms with Crippen molar-refractivity contribution in [2.45, 2.75) is 18.6 Å². The van der Waals surface area contributed by atoms with E-state index in [4.69, 9.17) is 9.47 Å². The minimum atomic E-state index is -0.319. The van der Waals surface area contributed by atoms with Gasteiger partial charge in [0.1, 0.15) is 0 Å². The predicted molar refractivity (Wildman–Crippen MR) is 80.3 cm³/mol. The van der Waals surface area contributed by atoms with Crippen LogP contribution in [0.1, 0.15) is 12.8 Å². The predicted octanol–water partition coefficient (Wildman–Crippen LogP) is 1.22. The molecule has 4 rings (SSSR count). The molecule has 1 aromatic carbocycles. The first-order valence-electron chi connectivity index (χ1n) is 7.61. The summed E-state index contributed by atoms with van der Waals surface area (Å²) in [5, 5.41) is 12.1. The molecule has 1 aromatic heterocycles. The van der Waals surface area contributed by atoms with Gasteiger partial charge in [0.25, 0.3) is 0 Å². The largest absolute Gasteiger partial charge is 0.371 e. The minimum absolute atomic E-state index is 0.319. The van der Waals surface area contributed by atoms with Gasteiger partial charge in [-0.3, -0.25) is 0 Å². The summed E-state index contributed by atoms with van der Waals surface area (Å²) in [5.74, 6) is 0.333. The molecule has 2 fully saturated rings. The molecule has 2 aliphatic rings. The van der Waals surface area contributed by atoms with Crippen molar-refractivity contribution >= 4 is 5.69 Å². The van der Waals surface area contributed by atoms with Gasteiger partial charge in [0, 0.05) is 37.2 Å². The van der Waals surface area contributed by atoms with E-state index in [1.54, 1.807) is 7.05 Å². The van der Waals surface area contributed by atoms with E-state index in [0.717, 1.165) is 44.7 Å². The molecule has 22 heavy (non-hydrogen) atoms. The van der Waals surface area contributed by atoms with Gasteiger partial charge in [-0.2, -0.15) is 4.80 Å². The van der Waals surface area contributed by atoms with Crippen LogP contribution in [0.15, 0.2) is 24.3 Å². The number of ether oxygens (including phenoxy) is 2. The van der Waals surface area contributed by atoms with Crippen LogP contribution in [0, 0.1) is 0 Å². The number of anilines is 1. The van der Waals surface area contributed by atoms with Gasteiger partial charge in [0.2, 0.25) is 5.82 Å². The Hall–Kier alpha value is -1.99. The van der Waals surface area contributed by atoms with E-state index in [1.165, 1.54) is 10.5 Å². The van der Waals surface area contributed by atoms with Gasteiger partial charge in [-0.25, -0.2) is 0 Å². The van der Waals surface area contributed by atoms with Crippen molar-refractivity contribution in [3.63, 3.8) is 0 Å². The molecule has 7 heteroatoms. The summed E-state index contributed by atoms with van der Waals surface area (Å²) in [7, 11) is 1.77. The lowest BCUT2D eigenvalue weighted by atomic mass is 10.0. The summed E-state index contributed by atoms with van der Waals surface area (Å²) in [4.78, 5) is 3.83. The third-order valence-corrected chi connectivity index (χ3v) is 4.34. The maximum absolute atomic E-state index is 5.77. The number of aromatic nitrogens is 4. The third kappa shape index (κ3) is 2.46. The van der Waals surface area contributed by atoms with E-state index in [9.17, 15) is 0 Å². The zero-order chi connectivity index (χ0) is 15.0. The molecular formula is C15H19N5O2. The van der Waals surface area contributed by atoms with Gasteiger partial charge in [-0.1, -0.05) is 0 Å². The molecule has 0 bridgehead atoms. The van der Waals surface area contributed by atoms with Crippen LogP contribution >= 0.6 is 0 Å². The molecular weight excluding hydrogens is 282 g/mol. The van der Waals surface area contributed by atoms with Gasteiger partial charge in [0.05, 0.1) is 20.3 Å². The van der Waals surface area contributed by atoms with Crippen LogP contribution in [-0.2, 0) is 16.5 Å². The smallest absolute Gasteiger partial charge is 0.204 e. The Morgan fingerprint density at radius 2 is 1.73 bits per heavy atom. The first kappa shape index (κ1) is 13.7. The summed E-state index contributed by atoms with van der Waals surface area (Å²) in [6, 6.07) is 8.30. The Balaban J connectivity index is 1.45. The summed E-state index contributed by atoms with van der Waals surface area (Å²) < 4.78 is 11.5. The second-order valence-corrected chi connectivity index (χ2v) is 5.74. The fourth-order valence-electron chi connectivity index (χ4n) is 3.11. The molecule has 1 spiro atoms. The maximum atomic E-state index is 5.77. The van der Waals surface area contributed by atoms with Gasteiger partial charge >= 0.3 is 0 Å². The topological polar surface area (TPSA) is 65.3 Å². The van der Waals surface area contributed by atoms with Crippen molar-refractivity contribution in [2.75, 3.05) is 31.2 Å². The molecule has 0 N–H and O–H groups in total. The van der Waals surface area contributed by atoms with Gasteiger partial charge in [-0.15, -0.1) is 10.2 Å². The second-order valence-electron chi connectivity index (χ2n) is 5.74. The zero-order valence-electron chi connectivity index (χ0n) is 12.6. The SMILES string of the molecule is Cn1nnc(-c2ccc(N3CCC4(CC3)OCCO4)cc2)n1. The molecule has 0 atom stereocenters. The lowest BCUT2D eigenvalue weighted by Crippen LogP contribution is -2.45. The van der Waals surface area contributed by atoms with Crippen molar-refractivity contribution < 1.29 is 9.47 Å². The molecule has 2 aliphatic heterocycles. The van der Waals surface area contributed by atoms with Crippen molar-refractivity contribution in [3.05, 3.63) is 24.3 Å². The van der Waals surface area contributed by atoms with Gasteiger partial charge in [0.15, 0.2) is 5.79 Å². The lowest BCUT2D eigenvalue weighted by Gasteiger charge is -2.38. The highest BCUT2D eigenvalue weighted by Crippen LogP contribution is 2.33. The molecule has 7 nitrogen and oxygen atoms in total.